The molecule has 0 spiro atoms. The summed E-state index contributed by atoms with van der Waals surface area (Å²) in [5.74, 6) is -2.35. The van der Waals surface area contributed by atoms with E-state index < -0.39 is 33.8 Å². The summed E-state index contributed by atoms with van der Waals surface area (Å²) in [5.41, 5.74) is -0.929. The van der Waals surface area contributed by atoms with Crippen LogP contribution in [0.25, 0.3) is 0 Å². The molecule has 0 aromatic heterocycles. The van der Waals surface area contributed by atoms with Crippen LogP contribution in [0.1, 0.15) is 17.3 Å². The van der Waals surface area contributed by atoms with Crippen molar-refractivity contribution in [1.29, 1.82) is 0 Å². The third-order valence-corrected chi connectivity index (χ3v) is 2.87. The summed E-state index contributed by atoms with van der Waals surface area (Å²) in [7, 11) is -4.43. The van der Waals surface area contributed by atoms with E-state index in [1.165, 1.54) is 11.6 Å². The molecule has 10 heteroatoms. The van der Waals surface area contributed by atoms with Crippen LogP contribution < -0.4 is 9.44 Å². The highest BCUT2D eigenvalue weighted by Gasteiger charge is 2.18. The van der Waals surface area contributed by atoms with Gasteiger partial charge in [-0.2, -0.15) is 8.42 Å². The molecule has 1 rings (SSSR count). The quantitative estimate of drug-likeness (QED) is 0.743. The van der Waals surface area contributed by atoms with Gasteiger partial charge in [0.1, 0.15) is 5.82 Å². The molecule has 0 heterocycles. The lowest BCUT2D eigenvalue weighted by Crippen LogP contribution is -2.36. The van der Waals surface area contributed by atoms with Crippen molar-refractivity contribution >= 4 is 28.0 Å². The van der Waals surface area contributed by atoms with Crippen molar-refractivity contribution in [2.24, 2.45) is 0 Å². The topological polar surface area (TPSA) is 122 Å². The van der Waals surface area contributed by atoms with Crippen molar-refractivity contribution in [2.75, 3.05) is 11.3 Å². The Kier molecular flexibility index (Phi) is 4.86. The Morgan fingerprint density at radius 3 is 2.60 bits per heavy atom. The zero-order chi connectivity index (χ0) is 15.3. The molecular weight excluding hydrogens is 295 g/mol. The smallest absolute Gasteiger partial charge is 0.422 e. The molecule has 0 bridgehead atoms. The van der Waals surface area contributed by atoms with Gasteiger partial charge in [-0.1, -0.05) is 0 Å². The van der Waals surface area contributed by atoms with E-state index in [9.17, 15) is 22.4 Å². The first-order valence-corrected chi connectivity index (χ1v) is 6.73. The number of amides is 1. The zero-order valence-corrected chi connectivity index (χ0v) is 11.0. The summed E-state index contributed by atoms with van der Waals surface area (Å²) in [4.78, 5) is 21.7. The number of rotatable bonds is 5. The maximum atomic E-state index is 13.4. The van der Waals surface area contributed by atoms with Gasteiger partial charge in [-0.15, -0.1) is 0 Å². The maximum Gasteiger partial charge on any atom is 0.422 e. The van der Waals surface area contributed by atoms with Crippen molar-refractivity contribution in [3.05, 3.63) is 29.6 Å². The van der Waals surface area contributed by atoms with Crippen molar-refractivity contribution < 1.29 is 32.2 Å². The Bertz CT molecular complexity index is 631. The van der Waals surface area contributed by atoms with Gasteiger partial charge in [0, 0.05) is 0 Å². The highest BCUT2D eigenvalue weighted by molar-refractivity contribution is 7.91. The first-order chi connectivity index (χ1) is 9.25. The van der Waals surface area contributed by atoms with E-state index in [2.05, 4.69) is 4.74 Å². The number of benzene rings is 1. The Labute approximate surface area is 113 Å². The molecule has 8 nitrogen and oxygen atoms in total. The third-order valence-electron chi connectivity index (χ3n) is 1.95. The number of carbonyl (C=O) groups is 2. The lowest BCUT2D eigenvalue weighted by Gasteiger charge is -2.10. The van der Waals surface area contributed by atoms with Crippen LogP contribution in [0.3, 0.4) is 0 Å². The Hall–Kier alpha value is -2.36. The molecule has 0 aliphatic carbocycles. The highest BCUT2D eigenvalue weighted by atomic mass is 32.2. The second-order valence-corrected chi connectivity index (χ2v) is 4.84. The fourth-order valence-corrected chi connectivity index (χ4v) is 1.95. The molecule has 3 N–H and O–H groups in total. The molecule has 20 heavy (non-hydrogen) atoms. The van der Waals surface area contributed by atoms with Crippen LogP contribution in [0, 0.1) is 5.82 Å². The minimum absolute atomic E-state index is 0.0514. The highest BCUT2D eigenvalue weighted by Crippen LogP contribution is 2.17. The van der Waals surface area contributed by atoms with Crippen LogP contribution in [0.4, 0.5) is 14.9 Å². The van der Waals surface area contributed by atoms with Crippen LogP contribution in [-0.2, 0) is 14.9 Å². The molecule has 110 valence electrons. The molecule has 0 aliphatic heterocycles. The molecular formula is C10H11FN2O6S. The number of anilines is 1. The van der Waals surface area contributed by atoms with E-state index in [0.29, 0.717) is 0 Å². The number of carboxylic acid groups (broad SMARTS) is 1. The van der Waals surface area contributed by atoms with Gasteiger partial charge in [-0.05, 0) is 25.1 Å². The van der Waals surface area contributed by atoms with Gasteiger partial charge in [0.25, 0.3) is 0 Å². The number of halogens is 1. The average Bonchev–Trinajstić information content (AvgIpc) is 2.30. The van der Waals surface area contributed by atoms with Gasteiger partial charge in [0.05, 0.1) is 17.9 Å². The maximum absolute atomic E-state index is 13.4. The van der Waals surface area contributed by atoms with Crippen LogP contribution in [-0.4, -0.2) is 32.2 Å². The predicted octanol–water partition coefficient (Wildman–Crippen LogP) is 0.927. The number of aromatic carboxylic acids is 1. The zero-order valence-electron chi connectivity index (χ0n) is 10.2. The molecule has 1 amide bonds. The monoisotopic (exact) mass is 306 g/mol. The third kappa shape index (κ3) is 4.39. The van der Waals surface area contributed by atoms with Crippen molar-refractivity contribution in [3.8, 4) is 0 Å². The van der Waals surface area contributed by atoms with Gasteiger partial charge in [0.2, 0.25) is 0 Å². The van der Waals surface area contributed by atoms with Crippen molar-refractivity contribution in [2.45, 2.75) is 6.92 Å². The van der Waals surface area contributed by atoms with E-state index in [4.69, 9.17) is 5.11 Å². The lowest BCUT2D eigenvalue weighted by molar-refractivity contribution is 0.0696. The molecule has 0 aliphatic rings. The van der Waals surface area contributed by atoms with E-state index in [-0.39, 0.29) is 12.2 Å². The second-order valence-electron chi connectivity index (χ2n) is 3.43. The van der Waals surface area contributed by atoms with Crippen molar-refractivity contribution in [1.82, 2.24) is 4.72 Å². The molecule has 1 aromatic carbocycles. The van der Waals surface area contributed by atoms with E-state index >= 15 is 0 Å². The molecule has 0 atom stereocenters. The Balaban J connectivity index is 2.94. The number of hydrogen-bond donors (Lipinski definition) is 3. The average molecular weight is 306 g/mol. The Morgan fingerprint density at radius 1 is 1.40 bits per heavy atom. The summed E-state index contributed by atoms with van der Waals surface area (Å²) < 4.78 is 43.9. The van der Waals surface area contributed by atoms with E-state index in [1.54, 1.807) is 4.72 Å². The van der Waals surface area contributed by atoms with Gasteiger partial charge in [-0.3, -0.25) is 4.72 Å². The minimum Gasteiger partial charge on any atom is -0.478 e. The fraction of sp³-hybridized carbons (Fsp3) is 0.200. The molecule has 0 fully saturated rings. The first-order valence-electron chi connectivity index (χ1n) is 5.25. The van der Waals surface area contributed by atoms with Crippen LogP contribution in [0.5, 0.6) is 0 Å². The summed E-state index contributed by atoms with van der Waals surface area (Å²) in [6, 6.07) is 2.53. The molecule has 0 unspecified atom stereocenters. The van der Waals surface area contributed by atoms with Crippen LogP contribution >= 0.6 is 0 Å². The second kappa shape index (κ2) is 6.19. The van der Waals surface area contributed by atoms with Crippen molar-refractivity contribution in [3.63, 3.8) is 0 Å². The van der Waals surface area contributed by atoms with E-state index in [1.807, 2.05) is 0 Å². The van der Waals surface area contributed by atoms with Gasteiger partial charge in [0.15, 0.2) is 0 Å². The molecule has 0 radical (unpaired) electrons. The Morgan fingerprint density at radius 2 is 2.05 bits per heavy atom. The SMILES string of the molecule is CCOC(=O)NS(=O)(=O)Nc1cc(C(=O)O)ccc1F. The minimum atomic E-state index is -4.43. The number of hydrogen-bond acceptors (Lipinski definition) is 5. The number of carbonyl (C=O) groups excluding carboxylic acids is 1. The number of nitrogens with one attached hydrogen (secondary N) is 2. The van der Waals surface area contributed by atoms with Gasteiger partial charge in [-0.25, -0.2) is 18.7 Å². The summed E-state index contributed by atoms with van der Waals surface area (Å²) in [5, 5.41) is 8.72. The standard InChI is InChI=1S/C10H11FN2O6S/c1-2-19-10(16)13-20(17,18)12-8-5-6(9(14)15)3-4-7(8)11/h3-5,12H,2H2,1H3,(H,13,16)(H,14,15). The largest absolute Gasteiger partial charge is 0.478 e. The van der Waals surface area contributed by atoms with Gasteiger partial charge >= 0.3 is 22.3 Å². The summed E-state index contributed by atoms with van der Waals surface area (Å²) in [6.07, 6.45) is -1.24. The van der Waals surface area contributed by atoms with Crippen LogP contribution in [0.2, 0.25) is 0 Å². The predicted molar refractivity (Wildman–Crippen MR) is 66.1 cm³/mol. The normalized spacial score (nSPS) is 10.7. The summed E-state index contributed by atoms with van der Waals surface area (Å²) in [6.45, 7) is 1.42. The summed E-state index contributed by atoms with van der Waals surface area (Å²) >= 11 is 0. The number of carboxylic acids is 1. The van der Waals surface area contributed by atoms with Gasteiger partial charge < -0.3 is 9.84 Å². The molecule has 1 aromatic rings. The van der Waals surface area contributed by atoms with E-state index in [0.717, 1.165) is 18.2 Å². The lowest BCUT2D eigenvalue weighted by atomic mass is 10.2. The fourth-order valence-electron chi connectivity index (χ4n) is 1.18. The first kappa shape index (κ1) is 15.7. The molecule has 0 saturated carbocycles. The molecule has 0 saturated heterocycles. The van der Waals surface area contributed by atoms with Crippen LogP contribution in [0.15, 0.2) is 18.2 Å². The number of ether oxygens (including phenoxy) is 1.